The van der Waals surface area contributed by atoms with Gasteiger partial charge < -0.3 is 14.6 Å². The van der Waals surface area contributed by atoms with Gasteiger partial charge in [0.1, 0.15) is 0 Å². The van der Waals surface area contributed by atoms with Crippen molar-refractivity contribution in [2.75, 3.05) is 14.2 Å². The van der Waals surface area contributed by atoms with Gasteiger partial charge in [-0.25, -0.2) is 4.79 Å². The third-order valence-corrected chi connectivity index (χ3v) is 2.31. The zero-order chi connectivity index (χ0) is 12.7. The number of carboxylic acid groups (broad SMARTS) is 1. The molecular weight excluding hydrogens is 220 g/mol. The monoisotopic (exact) mass is 236 g/mol. The van der Waals surface area contributed by atoms with Crippen molar-refractivity contribution in [3.05, 3.63) is 35.9 Å². The lowest BCUT2D eigenvalue weighted by Crippen LogP contribution is -1.93. The SMILES string of the molecule is COc1ccc(CC/C=C/C(=O)O)cc1OC. The van der Waals surface area contributed by atoms with Crippen LogP contribution in [0.2, 0.25) is 0 Å². The molecule has 0 atom stereocenters. The molecule has 1 rings (SSSR count). The molecule has 0 spiro atoms. The molecule has 4 nitrogen and oxygen atoms in total. The Hall–Kier alpha value is -1.97. The van der Waals surface area contributed by atoms with E-state index in [4.69, 9.17) is 14.6 Å². The molecule has 0 amide bonds. The molecular formula is C13H16O4. The number of allylic oxidation sites excluding steroid dienone is 1. The van der Waals surface area contributed by atoms with Gasteiger partial charge in [-0.1, -0.05) is 12.1 Å². The second kappa shape index (κ2) is 6.58. The zero-order valence-electron chi connectivity index (χ0n) is 9.97. The van der Waals surface area contributed by atoms with Crippen LogP contribution in [0.1, 0.15) is 12.0 Å². The highest BCUT2D eigenvalue weighted by Gasteiger charge is 2.03. The molecule has 0 saturated heterocycles. The molecule has 0 bridgehead atoms. The maximum atomic E-state index is 10.3. The van der Waals surface area contributed by atoms with Crippen molar-refractivity contribution in [3.63, 3.8) is 0 Å². The van der Waals surface area contributed by atoms with Gasteiger partial charge in [0, 0.05) is 6.08 Å². The highest BCUT2D eigenvalue weighted by Crippen LogP contribution is 2.27. The van der Waals surface area contributed by atoms with E-state index < -0.39 is 5.97 Å². The molecule has 0 unspecified atom stereocenters. The van der Waals surface area contributed by atoms with Crippen LogP contribution in [0.3, 0.4) is 0 Å². The van der Waals surface area contributed by atoms with E-state index in [1.807, 2.05) is 18.2 Å². The zero-order valence-corrected chi connectivity index (χ0v) is 9.97. The van der Waals surface area contributed by atoms with Gasteiger partial charge in [0.05, 0.1) is 14.2 Å². The lowest BCUT2D eigenvalue weighted by Gasteiger charge is -2.08. The fourth-order valence-corrected chi connectivity index (χ4v) is 1.47. The number of aliphatic carboxylic acids is 1. The summed E-state index contributed by atoms with van der Waals surface area (Å²) < 4.78 is 10.3. The van der Waals surface area contributed by atoms with E-state index in [9.17, 15) is 4.79 Å². The van der Waals surface area contributed by atoms with Gasteiger partial charge in [0.25, 0.3) is 0 Å². The lowest BCUT2D eigenvalue weighted by molar-refractivity contribution is -0.131. The highest BCUT2D eigenvalue weighted by molar-refractivity contribution is 5.79. The molecule has 1 aromatic rings. The Morgan fingerprint density at radius 3 is 2.59 bits per heavy atom. The predicted octanol–water partition coefficient (Wildman–Crippen LogP) is 2.28. The minimum absolute atomic E-state index is 0.682. The summed E-state index contributed by atoms with van der Waals surface area (Å²) in [5.74, 6) is 0.460. The Labute approximate surface area is 100 Å². The molecule has 0 heterocycles. The average molecular weight is 236 g/mol. The van der Waals surface area contributed by atoms with Gasteiger partial charge in [-0.3, -0.25) is 0 Å². The Morgan fingerprint density at radius 1 is 1.29 bits per heavy atom. The van der Waals surface area contributed by atoms with Gasteiger partial charge in [-0.2, -0.15) is 0 Å². The minimum atomic E-state index is -0.919. The van der Waals surface area contributed by atoms with Crippen molar-refractivity contribution in [2.45, 2.75) is 12.8 Å². The molecule has 92 valence electrons. The smallest absolute Gasteiger partial charge is 0.327 e. The second-order valence-corrected chi connectivity index (χ2v) is 3.47. The maximum absolute atomic E-state index is 10.3. The largest absolute Gasteiger partial charge is 0.493 e. The number of ether oxygens (including phenoxy) is 2. The Morgan fingerprint density at radius 2 is 2.00 bits per heavy atom. The summed E-state index contributed by atoms with van der Waals surface area (Å²) in [6.45, 7) is 0. The summed E-state index contributed by atoms with van der Waals surface area (Å²) in [6, 6.07) is 5.68. The number of methoxy groups -OCH3 is 2. The van der Waals surface area contributed by atoms with E-state index in [1.165, 1.54) is 0 Å². The van der Waals surface area contributed by atoms with Gasteiger partial charge in [0.15, 0.2) is 11.5 Å². The Bertz CT molecular complexity index is 410. The first-order valence-corrected chi connectivity index (χ1v) is 5.27. The van der Waals surface area contributed by atoms with Crippen LogP contribution in [0.4, 0.5) is 0 Å². The van der Waals surface area contributed by atoms with E-state index in [2.05, 4.69) is 0 Å². The lowest BCUT2D eigenvalue weighted by atomic mass is 10.1. The predicted molar refractivity (Wildman–Crippen MR) is 64.6 cm³/mol. The van der Waals surface area contributed by atoms with E-state index in [-0.39, 0.29) is 0 Å². The van der Waals surface area contributed by atoms with Gasteiger partial charge >= 0.3 is 5.97 Å². The first kappa shape index (κ1) is 13.1. The molecule has 4 heteroatoms. The van der Waals surface area contributed by atoms with E-state index in [0.29, 0.717) is 17.9 Å². The molecule has 0 fully saturated rings. The summed E-state index contributed by atoms with van der Waals surface area (Å²) in [5.41, 5.74) is 1.08. The van der Waals surface area contributed by atoms with Crippen LogP contribution in [0.5, 0.6) is 11.5 Å². The molecule has 0 radical (unpaired) electrons. The number of rotatable bonds is 6. The van der Waals surface area contributed by atoms with Crippen molar-refractivity contribution in [2.24, 2.45) is 0 Å². The van der Waals surface area contributed by atoms with Crippen LogP contribution in [0, 0.1) is 0 Å². The fraction of sp³-hybridized carbons (Fsp3) is 0.308. The third kappa shape index (κ3) is 4.18. The van der Waals surface area contributed by atoms with Crippen LogP contribution >= 0.6 is 0 Å². The van der Waals surface area contributed by atoms with Crippen LogP contribution in [-0.4, -0.2) is 25.3 Å². The van der Waals surface area contributed by atoms with Crippen molar-refractivity contribution in [1.29, 1.82) is 0 Å². The molecule has 17 heavy (non-hydrogen) atoms. The van der Waals surface area contributed by atoms with Crippen LogP contribution in [-0.2, 0) is 11.2 Å². The molecule has 0 aliphatic carbocycles. The van der Waals surface area contributed by atoms with E-state index in [1.54, 1.807) is 20.3 Å². The quantitative estimate of drug-likeness (QED) is 0.770. The second-order valence-electron chi connectivity index (χ2n) is 3.47. The normalized spacial score (nSPS) is 10.5. The summed E-state index contributed by atoms with van der Waals surface area (Å²) in [7, 11) is 3.18. The van der Waals surface area contributed by atoms with Crippen molar-refractivity contribution in [3.8, 4) is 11.5 Å². The van der Waals surface area contributed by atoms with E-state index in [0.717, 1.165) is 18.1 Å². The van der Waals surface area contributed by atoms with Gasteiger partial charge in [-0.05, 0) is 30.5 Å². The number of aryl methyl sites for hydroxylation is 1. The molecule has 1 aromatic carbocycles. The number of carboxylic acids is 1. The van der Waals surface area contributed by atoms with Crippen LogP contribution < -0.4 is 9.47 Å². The highest BCUT2D eigenvalue weighted by atomic mass is 16.5. The molecule has 0 aliphatic heterocycles. The molecule has 0 saturated carbocycles. The first-order chi connectivity index (χ1) is 8.17. The maximum Gasteiger partial charge on any atom is 0.327 e. The summed E-state index contributed by atoms with van der Waals surface area (Å²) >= 11 is 0. The number of hydrogen-bond donors (Lipinski definition) is 1. The van der Waals surface area contributed by atoms with Crippen molar-refractivity contribution < 1.29 is 19.4 Å². The van der Waals surface area contributed by atoms with Crippen molar-refractivity contribution in [1.82, 2.24) is 0 Å². The fourth-order valence-electron chi connectivity index (χ4n) is 1.47. The topological polar surface area (TPSA) is 55.8 Å². The first-order valence-electron chi connectivity index (χ1n) is 5.27. The average Bonchev–Trinajstić information content (AvgIpc) is 2.34. The standard InChI is InChI=1S/C13H16O4/c1-16-11-8-7-10(9-12(11)17-2)5-3-4-6-13(14)15/h4,6-9H,3,5H2,1-2H3,(H,14,15)/b6-4+. The van der Waals surface area contributed by atoms with Crippen LogP contribution in [0.15, 0.2) is 30.4 Å². The summed E-state index contributed by atoms with van der Waals surface area (Å²) in [4.78, 5) is 10.3. The van der Waals surface area contributed by atoms with Crippen molar-refractivity contribution >= 4 is 5.97 Å². The molecule has 0 aromatic heterocycles. The molecule has 1 N–H and O–H groups in total. The summed E-state index contributed by atoms with van der Waals surface area (Å²) in [6.07, 6.45) is 4.24. The number of carbonyl (C=O) groups is 1. The van der Waals surface area contributed by atoms with Crippen LogP contribution in [0.25, 0.3) is 0 Å². The van der Waals surface area contributed by atoms with E-state index >= 15 is 0 Å². The Kier molecular flexibility index (Phi) is 5.07. The van der Waals surface area contributed by atoms with Gasteiger partial charge in [0.2, 0.25) is 0 Å². The number of hydrogen-bond acceptors (Lipinski definition) is 3. The Balaban J connectivity index is 2.63. The molecule has 0 aliphatic rings. The van der Waals surface area contributed by atoms with Gasteiger partial charge in [-0.15, -0.1) is 0 Å². The third-order valence-electron chi connectivity index (χ3n) is 2.31. The number of benzene rings is 1. The summed E-state index contributed by atoms with van der Waals surface area (Å²) in [5, 5.41) is 8.44. The minimum Gasteiger partial charge on any atom is -0.493 e.